The van der Waals surface area contributed by atoms with Gasteiger partial charge in [0.25, 0.3) is 0 Å². The van der Waals surface area contributed by atoms with E-state index in [4.69, 9.17) is 11.6 Å². The zero-order chi connectivity index (χ0) is 11.4. The van der Waals surface area contributed by atoms with Gasteiger partial charge in [0.05, 0.1) is 0 Å². The summed E-state index contributed by atoms with van der Waals surface area (Å²) < 4.78 is 0. The summed E-state index contributed by atoms with van der Waals surface area (Å²) in [4.78, 5) is 0. The number of hydrogen-bond donors (Lipinski definition) is 1. The van der Waals surface area contributed by atoms with Gasteiger partial charge >= 0.3 is 0 Å². The van der Waals surface area contributed by atoms with Gasteiger partial charge in [-0.05, 0) is 30.7 Å². The number of halogens is 1. The number of nitrogens with one attached hydrogen (secondary N) is 1. The predicted octanol–water partition coefficient (Wildman–Crippen LogP) is 3.22. The minimum atomic E-state index is 0.441. The van der Waals surface area contributed by atoms with E-state index in [0.717, 1.165) is 5.82 Å². The van der Waals surface area contributed by atoms with E-state index in [1.165, 1.54) is 25.0 Å². The molecular formula is C11H16ClN3S. The van der Waals surface area contributed by atoms with E-state index in [9.17, 15) is 0 Å². The lowest BCUT2D eigenvalue weighted by atomic mass is 10.2. The fourth-order valence-electron chi connectivity index (χ4n) is 2.09. The van der Waals surface area contributed by atoms with Crippen LogP contribution in [0, 0.1) is 0 Å². The van der Waals surface area contributed by atoms with Gasteiger partial charge < -0.3 is 5.32 Å². The highest BCUT2D eigenvalue weighted by atomic mass is 35.5. The van der Waals surface area contributed by atoms with Gasteiger partial charge in [-0.25, -0.2) is 0 Å². The van der Waals surface area contributed by atoms with E-state index >= 15 is 0 Å². The maximum atomic E-state index is 5.70. The molecule has 1 fully saturated rings. The molecule has 1 aromatic heterocycles. The van der Waals surface area contributed by atoms with Crippen LogP contribution in [-0.2, 0) is 0 Å². The van der Waals surface area contributed by atoms with E-state index in [-0.39, 0.29) is 0 Å². The van der Waals surface area contributed by atoms with Crippen molar-refractivity contribution in [2.75, 3.05) is 11.1 Å². The average Bonchev–Trinajstić information content (AvgIpc) is 2.70. The summed E-state index contributed by atoms with van der Waals surface area (Å²) in [5, 5.41) is 12.5. The Hall–Kier alpha value is -0.480. The normalized spacial score (nSPS) is 24.6. The summed E-state index contributed by atoms with van der Waals surface area (Å²) >= 11 is 7.73. The quantitative estimate of drug-likeness (QED) is 0.899. The van der Waals surface area contributed by atoms with Crippen molar-refractivity contribution < 1.29 is 0 Å². The molecular weight excluding hydrogens is 242 g/mol. The maximum Gasteiger partial charge on any atom is 0.151 e. The summed E-state index contributed by atoms with van der Waals surface area (Å²) in [6, 6.07) is 4.19. The molecule has 1 aliphatic carbocycles. The van der Waals surface area contributed by atoms with Crippen molar-refractivity contribution in [2.24, 2.45) is 0 Å². The molecule has 1 heterocycles. The molecule has 1 aliphatic rings. The molecule has 2 unspecified atom stereocenters. The van der Waals surface area contributed by atoms with E-state index in [0.29, 0.717) is 16.4 Å². The number of nitrogens with zero attached hydrogens (tertiary/aromatic N) is 2. The van der Waals surface area contributed by atoms with Crippen molar-refractivity contribution in [3.63, 3.8) is 0 Å². The van der Waals surface area contributed by atoms with Crippen LogP contribution < -0.4 is 5.32 Å². The second kappa shape index (κ2) is 5.73. The average molecular weight is 258 g/mol. The van der Waals surface area contributed by atoms with Crippen molar-refractivity contribution in [2.45, 2.75) is 37.5 Å². The molecule has 0 aromatic carbocycles. The van der Waals surface area contributed by atoms with Crippen molar-refractivity contribution in [3.05, 3.63) is 17.3 Å². The lowest BCUT2D eigenvalue weighted by Crippen LogP contribution is -2.26. The van der Waals surface area contributed by atoms with Crippen molar-refractivity contribution in [3.8, 4) is 0 Å². The molecule has 1 N–H and O–H groups in total. The molecule has 1 aromatic rings. The van der Waals surface area contributed by atoms with Gasteiger partial charge in [-0.3, -0.25) is 0 Å². The van der Waals surface area contributed by atoms with Gasteiger partial charge in [0, 0.05) is 11.3 Å². The summed E-state index contributed by atoms with van der Waals surface area (Å²) in [6.07, 6.45) is 3.83. The molecule has 5 heteroatoms. The number of anilines is 1. The van der Waals surface area contributed by atoms with Crippen LogP contribution in [0.3, 0.4) is 0 Å². The Kier molecular flexibility index (Phi) is 4.29. The Bertz CT molecular complexity index is 331. The molecule has 2 rings (SSSR count). The minimum absolute atomic E-state index is 0.441. The maximum absolute atomic E-state index is 5.70. The fraction of sp³-hybridized carbons (Fsp3) is 0.636. The lowest BCUT2D eigenvalue weighted by Gasteiger charge is -2.20. The van der Waals surface area contributed by atoms with Gasteiger partial charge in [-0.15, -0.1) is 10.2 Å². The third-order valence-electron chi connectivity index (χ3n) is 2.80. The van der Waals surface area contributed by atoms with Gasteiger partial charge in [-0.2, -0.15) is 11.8 Å². The molecule has 0 spiro atoms. The molecule has 0 aliphatic heterocycles. The molecule has 0 saturated heterocycles. The zero-order valence-corrected chi connectivity index (χ0v) is 10.9. The summed E-state index contributed by atoms with van der Waals surface area (Å²) in [6.45, 7) is 2.21. The Morgan fingerprint density at radius 3 is 3.00 bits per heavy atom. The van der Waals surface area contributed by atoms with E-state index in [1.54, 1.807) is 6.07 Å². The van der Waals surface area contributed by atoms with Crippen LogP contribution in [0.5, 0.6) is 0 Å². The van der Waals surface area contributed by atoms with Gasteiger partial charge in [0.1, 0.15) is 5.82 Å². The van der Waals surface area contributed by atoms with Crippen molar-refractivity contribution in [1.29, 1.82) is 0 Å². The first-order chi connectivity index (χ1) is 7.79. The van der Waals surface area contributed by atoms with E-state index in [1.807, 2.05) is 17.8 Å². The molecule has 0 radical (unpaired) electrons. The highest BCUT2D eigenvalue weighted by molar-refractivity contribution is 7.99. The number of rotatable bonds is 4. The van der Waals surface area contributed by atoms with Crippen molar-refractivity contribution in [1.82, 2.24) is 10.2 Å². The standard InChI is InChI=1S/C11H16ClN3S/c1-2-16-9-5-3-4-8(9)13-11-7-6-10(12)14-15-11/h6-9H,2-5H2,1H3,(H,13,15). The van der Waals surface area contributed by atoms with Crippen LogP contribution in [0.1, 0.15) is 26.2 Å². The van der Waals surface area contributed by atoms with Crippen LogP contribution in [0.4, 0.5) is 5.82 Å². The number of aromatic nitrogens is 2. The smallest absolute Gasteiger partial charge is 0.151 e. The summed E-state index contributed by atoms with van der Waals surface area (Å²) in [5.74, 6) is 2.01. The molecule has 2 atom stereocenters. The molecule has 0 amide bonds. The summed E-state index contributed by atoms with van der Waals surface area (Å²) in [7, 11) is 0. The van der Waals surface area contributed by atoms with Crippen LogP contribution in [-0.4, -0.2) is 27.2 Å². The third-order valence-corrected chi connectivity index (χ3v) is 4.33. The van der Waals surface area contributed by atoms with Gasteiger partial charge in [-0.1, -0.05) is 24.9 Å². The largest absolute Gasteiger partial charge is 0.365 e. The molecule has 3 nitrogen and oxygen atoms in total. The highest BCUT2D eigenvalue weighted by Crippen LogP contribution is 2.31. The van der Waals surface area contributed by atoms with Gasteiger partial charge in [0.2, 0.25) is 0 Å². The Balaban J connectivity index is 1.95. The predicted molar refractivity (Wildman–Crippen MR) is 70.2 cm³/mol. The minimum Gasteiger partial charge on any atom is -0.365 e. The Morgan fingerprint density at radius 1 is 1.44 bits per heavy atom. The third kappa shape index (κ3) is 3.01. The highest BCUT2D eigenvalue weighted by Gasteiger charge is 2.27. The number of thioether (sulfide) groups is 1. The number of hydrogen-bond acceptors (Lipinski definition) is 4. The zero-order valence-electron chi connectivity index (χ0n) is 9.32. The first-order valence-electron chi connectivity index (χ1n) is 5.67. The molecule has 1 saturated carbocycles. The van der Waals surface area contributed by atoms with Gasteiger partial charge in [0.15, 0.2) is 5.15 Å². The fourth-order valence-corrected chi connectivity index (χ4v) is 3.39. The summed E-state index contributed by atoms with van der Waals surface area (Å²) in [5.41, 5.74) is 0. The molecule has 88 valence electrons. The Labute approximate surface area is 105 Å². The topological polar surface area (TPSA) is 37.8 Å². The van der Waals surface area contributed by atoms with Crippen molar-refractivity contribution >= 4 is 29.2 Å². The van der Waals surface area contributed by atoms with E-state index < -0.39 is 0 Å². The van der Waals surface area contributed by atoms with Crippen LogP contribution in [0.2, 0.25) is 5.15 Å². The molecule has 16 heavy (non-hydrogen) atoms. The second-order valence-electron chi connectivity index (χ2n) is 3.92. The van der Waals surface area contributed by atoms with Crippen LogP contribution in [0.15, 0.2) is 12.1 Å². The SMILES string of the molecule is CCSC1CCCC1Nc1ccc(Cl)nn1. The first kappa shape index (κ1) is 12.0. The van der Waals surface area contributed by atoms with Crippen LogP contribution >= 0.6 is 23.4 Å². The molecule has 0 bridgehead atoms. The second-order valence-corrected chi connectivity index (χ2v) is 5.82. The van der Waals surface area contributed by atoms with Crippen LogP contribution in [0.25, 0.3) is 0 Å². The monoisotopic (exact) mass is 257 g/mol. The lowest BCUT2D eigenvalue weighted by molar-refractivity contribution is 0.758. The Morgan fingerprint density at radius 2 is 2.31 bits per heavy atom. The van der Waals surface area contributed by atoms with E-state index in [2.05, 4.69) is 22.4 Å². The first-order valence-corrected chi connectivity index (χ1v) is 7.09.